The van der Waals surface area contributed by atoms with E-state index in [9.17, 15) is 14.0 Å². The second kappa shape index (κ2) is 7.52. The average Bonchev–Trinajstić information content (AvgIpc) is 3.09. The van der Waals surface area contributed by atoms with E-state index in [1.807, 2.05) is 34.4 Å². The molecule has 1 aliphatic heterocycles. The normalized spacial score (nSPS) is 15.4. The van der Waals surface area contributed by atoms with Crippen molar-refractivity contribution in [3.63, 3.8) is 0 Å². The van der Waals surface area contributed by atoms with Gasteiger partial charge in [-0.2, -0.15) is 0 Å². The van der Waals surface area contributed by atoms with Crippen molar-refractivity contribution in [3.8, 4) is 0 Å². The molecule has 1 unspecified atom stereocenters. The fraction of sp³-hybridized carbons (Fsp3) is 0.143. The minimum absolute atomic E-state index is 0.198. The van der Waals surface area contributed by atoms with E-state index in [0.717, 1.165) is 4.90 Å². The van der Waals surface area contributed by atoms with Gasteiger partial charge in [0.2, 0.25) is 0 Å². The molecule has 1 amide bonds. The van der Waals surface area contributed by atoms with Crippen molar-refractivity contribution in [1.82, 2.24) is 3.97 Å². The van der Waals surface area contributed by atoms with Crippen LogP contribution in [0, 0.1) is 5.82 Å². The van der Waals surface area contributed by atoms with Gasteiger partial charge in [-0.05, 0) is 67.4 Å². The third-order valence-electron chi connectivity index (χ3n) is 4.42. The topological polar surface area (TPSA) is 51.5 Å². The standard InChI is InChI=1S/C21H17FN2O3S/c1-2-27-21(26)19-17-7-5-13-23(17)28-18-8-4-3-6-16(18)24(19)20(25)14-9-11-15(22)12-10-14/h3-13,19H,2H2,1H3. The molecule has 0 spiro atoms. The largest absolute Gasteiger partial charge is 0.464 e. The van der Waals surface area contributed by atoms with Crippen molar-refractivity contribution in [3.05, 3.63) is 83.9 Å². The summed E-state index contributed by atoms with van der Waals surface area (Å²) in [4.78, 5) is 28.6. The molecule has 142 valence electrons. The number of halogens is 1. The number of ether oxygens (including phenoxy) is 1. The maximum atomic E-state index is 13.5. The molecule has 2 aromatic carbocycles. The molecule has 7 heteroatoms. The lowest BCUT2D eigenvalue weighted by Gasteiger charge is -2.29. The molecule has 4 rings (SSSR count). The summed E-state index contributed by atoms with van der Waals surface area (Å²) in [6.07, 6.45) is 1.84. The lowest BCUT2D eigenvalue weighted by Crippen LogP contribution is -2.40. The van der Waals surface area contributed by atoms with Crippen molar-refractivity contribution in [2.45, 2.75) is 17.9 Å². The summed E-state index contributed by atoms with van der Waals surface area (Å²) < 4.78 is 20.5. The third kappa shape index (κ3) is 3.18. The van der Waals surface area contributed by atoms with Crippen LogP contribution in [0.3, 0.4) is 0 Å². The first-order chi connectivity index (χ1) is 13.6. The van der Waals surface area contributed by atoms with Crippen LogP contribution in [0.15, 0.2) is 71.8 Å². The molecule has 3 aromatic rings. The Morgan fingerprint density at radius 1 is 1.07 bits per heavy atom. The molecular formula is C21H17FN2O3S. The number of benzene rings is 2. The van der Waals surface area contributed by atoms with Gasteiger partial charge >= 0.3 is 5.97 Å². The van der Waals surface area contributed by atoms with Gasteiger partial charge in [0.15, 0.2) is 6.04 Å². The molecule has 0 bridgehead atoms. The number of aromatic nitrogens is 1. The third-order valence-corrected chi connectivity index (χ3v) is 5.49. The predicted molar refractivity (Wildman–Crippen MR) is 105 cm³/mol. The zero-order chi connectivity index (χ0) is 19.7. The lowest BCUT2D eigenvalue weighted by molar-refractivity contribution is -0.144. The Bertz CT molecular complexity index is 1030. The first-order valence-electron chi connectivity index (χ1n) is 8.80. The zero-order valence-corrected chi connectivity index (χ0v) is 15.9. The van der Waals surface area contributed by atoms with Gasteiger partial charge < -0.3 is 4.74 Å². The minimum Gasteiger partial charge on any atom is -0.464 e. The summed E-state index contributed by atoms with van der Waals surface area (Å²) in [5.41, 5.74) is 1.52. The number of carbonyl (C=O) groups excluding carboxylic acids is 2. The first-order valence-corrected chi connectivity index (χ1v) is 9.58. The molecule has 0 fully saturated rings. The minimum atomic E-state index is -0.955. The SMILES string of the molecule is CCOC(=O)C1c2cccn2Sc2ccccc2N1C(=O)c1ccc(F)cc1. The highest BCUT2D eigenvalue weighted by atomic mass is 32.2. The summed E-state index contributed by atoms with van der Waals surface area (Å²) in [6, 6.07) is 15.3. The zero-order valence-electron chi connectivity index (χ0n) is 15.0. The van der Waals surface area contributed by atoms with Gasteiger partial charge in [-0.3, -0.25) is 13.7 Å². The van der Waals surface area contributed by atoms with E-state index < -0.39 is 23.7 Å². The van der Waals surface area contributed by atoms with Gasteiger partial charge in [0.25, 0.3) is 5.91 Å². The summed E-state index contributed by atoms with van der Waals surface area (Å²) in [5, 5.41) is 0. The quantitative estimate of drug-likeness (QED) is 0.614. The fourth-order valence-corrected chi connectivity index (χ4v) is 4.20. The summed E-state index contributed by atoms with van der Waals surface area (Å²) in [6.45, 7) is 1.92. The molecule has 0 N–H and O–H groups in total. The highest BCUT2D eigenvalue weighted by molar-refractivity contribution is 7.98. The molecule has 1 aromatic heterocycles. The Labute approximate surface area is 165 Å². The van der Waals surface area contributed by atoms with E-state index in [1.54, 1.807) is 19.1 Å². The number of esters is 1. The number of fused-ring (bicyclic) bond motifs is 2. The maximum absolute atomic E-state index is 13.5. The Hall–Kier alpha value is -3.06. The lowest BCUT2D eigenvalue weighted by atomic mass is 10.1. The number of para-hydroxylation sites is 1. The Morgan fingerprint density at radius 3 is 2.57 bits per heavy atom. The van der Waals surface area contributed by atoms with E-state index >= 15 is 0 Å². The van der Waals surface area contributed by atoms with Gasteiger partial charge in [-0.15, -0.1) is 0 Å². The van der Waals surface area contributed by atoms with Crippen LogP contribution in [0.2, 0.25) is 0 Å². The van der Waals surface area contributed by atoms with Crippen LogP contribution in [0.25, 0.3) is 0 Å². The van der Waals surface area contributed by atoms with Crippen molar-refractivity contribution >= 4 is 29.5 Å². The monoisotopic (exact) mass is 396 g/mol. The molecular weight excluding hydrogens is 379 g/mol. The van der Waals surface area contributed by atoms with Crippen LogP contribution in [-0.4, -0.2) is 22.5 Å². The van der Waals surface area contributed by atoms with Crippen molar-refractivity contribution < 1.29 is 18.7 Å². The Kier molecular flexibility index (Phi) is 4.92. The highest BCUT2D eigenvalue weighted by Gasteiger charge is 2.39. The molecule has 0 aliphatic carbocycles. The molecule has 28 heavy (non-hydrogen) atoms. The van der Waals surface area contributed by atoms with Gasteiger partial charge in [-0.25, -0.2) is 9.18 Å². The van der Waals surface area contributed by atoms with Gasteiger partial charge in [0.1, 0.15) is 5.82 Å². The molecule has 1 atom stereocenters. The van der Waals surface area contributed by atoms with Gasteiger partial charge in [-0.1, -0.05) is 12.1 Å². The maximum Gasteiger partial charge on any atom is 0.335 e. The second-order valence-electron chi connectivity index (χ2n) is 6.15. The Morgan fingerprint density at radius 2 is 1.82 bits per heavy atom. The molecule has 0 saturated carbocycles. The van der Waals surface area contributed by atoms with Crippen LogP contribution >= 0.6 is 11.9 Å². The van der Waals surface area contributed by atoms with Crippen LogP contribution in [-0.2, 0) is 9.53 Å². The van der Waals surface area contributed by atoms with Crippen molar-refractivity contribution in [1.29, 1.82) is 0 Å². The van der Waals surface area contributed by atoms with E-state index in [-0.39, 0.29) is 12.2 Å². The Balaban J connectivity index is 1.91. The summed E-state index contributed by atoms with van der Waals surface area (Å²) in [7, 11) is 0. The van der Waals surface area contributed by atoms with E-state index in [4.69, 9.17) is 4.74 Å². The van der Waals surface area contributed by atoms with Crippen LogP contribution in [0.4, 0.5) is 10.1 Å². The van der Waals surface area contributed by atoms with E-state index in [1.165, 1.54) is 41.1 Å². The van der Waals surface area contributed by atoms with E-state index in [0.29, 0.717) is 11.4 Å². The number of anilines is 1. The van der Waals surface area contributed by atoms with Crippen molar-refractivity contribution in [2.75, 3.05) is 11.5 Å². The fourth-order valence-electron chi connectivity index (χ4n) is 3.19. The molecule has 1 aliphatic rings. The number of rotatable bonds is 3. The average molecular weight is 396 g/mol. The number of amides is 1. The predicted octanol–water partition coefficient (Wildman–Crippen LogP) is 4.45. The van der Waals surface area contributed by atoms with E-state index in [2.05, 4.69) is 0 Å². The summed E-state index contributed by atoms with van der Waals surface area (Å²) in [5.74, 6) is -1.35. The molecule has 0 saturated heterocycles. The summed E-state index contributed by atoms with van der Waals surface area (Å²) >= 11 is 1.42. The van der Waals surface area contributed by atoms with Crippen LogP contribution in [0.1, 0.15) is 29.0 Å². The van der Waals surface area contributed by atoms with Gasteiger partial charge in [0.05, 0.1) is 22.9 Å². The number of carbonyl (C=O) groups is 2. The number of nitrogens with zero attached hydrogens (tertiary/aromatic N) is 2. The van der Waals surface area contributed by atoms with Crippen molar-refractivity contribution in [2.24, 2.45) is 0 Å². The molecule has 2 heterocycles. The van der Waals surface area contributed by atoms with Crippen LogP contribution < -0.4 is 4.90 Å². The van der Waals surface area contributed by atoms with Gasteiger partial charge in [0, 0.05) is 11.8 Å². The first kappa shape index (κ1) is 18.3. The number of hydrogen-bond acceptors (Lipinski definition) is 4. The highest BCUT2D eigenvalue weighted by Crippen LogP contribution is 2.42. The second-order valence-corrected chi connectivity index (χ2v) is 7.17. The molecule has 5 nitrogen and oxygen atoms in total. The van der Waals surface area contributed by atoms with Crippen LogP contribution in [0.5, 0.6) is 0 Å². The smallest absolute Gasteiger partial charge is 0.335 e. The molecule has 0 radical (unpaired) electrons. The number of hydrogen-bond donors (Lipinski definition) is 0.